The minimum Gasteiger partial charge on any atom is -0.318 e. The van der Waals surface area contributed by atoms with Gasteiger partial charge in [0.05, 0.1) is 11.9 Å². The molecule has 34 heavy (non-hydrogen) atoms. The molecule has 178 valence electrons. The molecule has 0 atom stereocenters. The van der Waals surface area contributed by atoms with Crippen LogP contribution in [0, 0.1) is 11.6 Å². The molecular weight excluding hydrogens is 438 g/mol. The van der Waals surface area contributed by atoms with Crippen molar-refractivity contribution in [3.8, 4) is 11.1 Å². The lowest BCUT2D eigenvalue weighted by atomic mass is 10.1. The number of fused-ring (bicyclic) bond motifs is 1. The fourth-order valence-electron chi connectivity index (χ4n) is 4.09. The number of aromatic nitrogens is 4. The van der Waals surface area contributed by atoms with Crippen molar-refractivity contribution in [2.45, 2.75) is 33.2 Å². The van der Waals surface area contributed by atoms with E-state index in [0.717, 1.165) is 31.5 Å². The third-order valence-corrected chi connectivity index (χ3v) is 5.65. The summed E-state index contributed by atoms with van der Waals surface area (Å²) in [5, 5.41) is 13.5. The van der Waals surface area contributed by atoms with E-state index in [9.17, 15) is 13.6 Å². The van der Waals surface area contributed by atoms with Gasteiger partial charge in [-0.25, -0.2) is 8.78 Å². The van der Waals surface area contributed by atoms with Crippen LogP contribution in [0.15, 0.2) is 42.7 Å². The van der Waals surface area contributed by atoms with Gasteiger partial charge in [0.2, 0.25) is 0 Å². The molecule has 7 nitrogen and oxygen atoms in total. The van der Waals surface area contributed by atoms with Crippen LogP contribution in [0.3, 0.4) is 0 Å². The highest BCUT2D eigenvalue weighted by molar-refractivity contribution is 6.11. The number of carbonyl (C=O) groups excluding carboxylic acids is 1. The molecule has 0 aliphatic carbocycles. The van der Waals surface area contributed by atoms with Crippen molar-refractivity contribution in [2.24, 2.45) is 7.05 Å². The van der Waals surface area contributed by atoms with Gasteiger partial charge in [0, 0.05) is 30.7 Å². The van der Waals surface area contributed by atoms with E-state index in [0.29, 0.717) is 23.1 Å². The summed E-state index contributed by atoms with van der Waals surface area (Å²) in [6.45, 7) is 6.77. The number of carbonyl (C=O) groups is 1. The number of amides is 1. The van der Waals surface area contributed by atoms with Crippen molar-refractivity contribution in [1.82, 2.24) is 24.9 Å². The highest BCUT2D eigenvalue weighted by Gasteiger charge is 2.20. The second-order valence-corrected chi connectivity index (χ2v) is 8.40. The predicted octanol–water partition coefficient (Wildman–Crippen LogP) is 5.12. The average Bonchev–Trinajstić information content (AvgIpc) is 3.42. The Labute approximate surface area is 196 Å². The first-order valence-electron chi connectivity index (χ1n) is 11.4. The normalized spacial score (nSPS) is 11.5. The summed E-state index contributed by atoms with van der Waals surface area (Å²) in [7, 11) is 1.76. The van der Waals surface area contributed by atoms with Crippen molar-refractivity contribution in [3.05, 3.63) is 65.6 Å². The lowest BCUT2D eigenvalue weighted by molar-refractivity contribution is 0.102. The molecule has 0 unspecified atom stereocenters. The Morgan fingerprint density at radius 3 is 2.50 bits per heavy atom. The van der Waals surface area contributed by atoms with Crippen molar-refractivity contribution in [1.29, 1.82) is 0 Å². The van der Waals surface area contributed by atoms with Gasteiger partial charge in [-0.05, 0) is 61.3 Å². The molecule has 0 aliphatic rings. The van der Waals surface area contributed by atoms with E-state index in [2.05, 4.69) is 39.4 Å². The molecule has 0 spiro atoms. The van der Waals surface area contributed by atoms with Crippen molar-refractivity contribution < 1.29 is 13.6 Å². The zero-order valence-corrected chi connectivity index (χ0v) is 19.5. The number of aryl methyl sites for hydroxylation is 1. The molecule has 0 aliphatic heterocycles. The smallest absolute Gasteiger partial charge is 0.276 e. The van der Waals surface area contributed by atoms with Gasteiger partial charge in [-0.1, -0.05) is 19.9 Å². The Kier molecular flexibility index (Phi) is 7.02. The van der Waals surface area contributed by atoms with Crippen LogP contribution in [-0.2, 0) is 13.6 Å². The van der Waals surface area contributed by atoms with Crippen LogP contribution >= 0.6 is 0 Å². The van der Waals surface area contributed by atoms with Crippen molar-refractivity contribution in [3.63, 3.8) is 0 Å². The number of nitrogens with one attached hydrogen (secondary N) is 2. The number of halogens is 2. The maximum absolute atomic E-state index is 14.8. The van der Waals surface area contributed by atoms with Crippen LogP contribution < -0.4 is 5.32 Å². The maximum atomic E-state index is 14.8. The minimum absolute atomic E-state index is 0.0137. The number of anilines is 1. The molecule has 4 aromatic rings. The fraction of sp³-hybridized carbons (Fsp3) is 0.320. The van der Waals surface area contributed by atoms with E-state index in [1.54, 1.807) is 42.3 Å². The summed E-state index contributed by atoms with van der Waals surface area (Å²) in [6, 6.07) is 7.83. The quantitative estimate of drug-likeness (QED) is 0.359. The van der Waals surface area contributed by atoms with Crippen LogP contribution in [-0.4, -0.2) is 43.9 Å². The lowest BCUT2D eigenvalue weighted by Crippen LogP contribution is -2.25. The minimum atomic E-state index is -0.626. The first kappa shape index (κ1) is 23.6. The van der Waals surface area contributed by atoms with Crippen molar-refractivity contribution in [2.75, 3.05) is 18.4 Å². The summed E-state index contributed by atoms with van der Waals surface area (Å²) in [4.78, 5) is 15.2. The first-order chi connectivity index (χ1) is 16.4. The Balaban J connectivity index is 1.56. The molecule has 2 aromatic carbocycles. The SMILES string of the molecule is CCCN(CCC)Cc1ccc(NC(=O)c2n[nH]c3c(F)cc(-c4cnn(C)c4)cc23)c(F)c1. The standard InChI is InChI=1S/C25H28F2N6O/c1-4-8-33(9-5-2)14-16-6-7-22(20(26)10-16)29-25(34)24-19-11-17(18-13-28-32(3)15-18)12-21(27)23(19)30-31-24/h6-7,10-13,15H,4-5,8-9,14H2,1-3H3,(H,29,34)(H,30,31). The van der Waals surface area contributed by atoms with E-state index >= 15 is 0 Å². The van der Waals surface area contributed by atoms with Crippen LogP contribution in [0.2, 0.25) is 0 Å². The summed E-state index contributed by atoms with van der Waals surface area (Å²) >= 11 is 0. The largest absolute Gasteiger partial charge is 0.318 e. The van der Waals surface area contributed by atoms with Gasteiger partial charge in [-0.15, -0.1) is 0 Å². The third-order valence-electron chi connectivity index (χ3n) is 5.65. The lowest BCUT2D eigenvalue weighted by Gasteiger charge is -2.21. The number of hydrogen-bond donors (Lipinski definition) is 2. The third kappa shape index (κ3) is 4.99. The highest BCUT2D eigenvalue weighted by Crippen LogP contribution is 2.28. The van der Waals surface area contributed by atoms with Gasteiger partial charge >= 0.3 is 0 Å². The summed E-state index contributed by atoms with van der Waals surface area (Å²) in [6.07, 6.45) is 5.41. The van der Waals surface area contributed by atoms with Gasteiger partial charge in [0.25, 0.3) is 5.91 Å². The van der Waals surface area contributed by atoms with E-state index in [1.165, 1.54) is 12.1 Å². The van der Waals surface area contributed by atoms with E-state index < -0.39 is 17.5 Å². The zero-order chi connectivity index (χ0) is 24.2. The molecular formula is C25H28F2N6O. The summed E-state index contributed by atoms with van der Waals surface area (Å²) in [5.74, 6) is -1.69. The number of hydrogen-bond acceptors (Lipinski definition) is 4. The van der Waals surface area contributed by atoms with Gasteiger partial charge in [-0.2, -0.15) is 10.2 Å². The van der Waals surface area contributed by atoms with Gasteiger partial charge in [0.15, 0.2) is 5.69 Å². The van der Waals surface area contributed by atoms with Crippen LogP contribution in [0.5, 0.6) is 0 Å². The molecule has 1 amide bonds. The molecule has 0 radical (unpaired) electrons. The zero-order valence-electron chi connectivity index (χ0n) is 19.5. The molecule has 9 heteroatoms. The second-order valence-electron chi connectivity index (χ2n) is 8.40. The van der Waals surface area contributed by atoms with Crippen LogP contribution in [0.25, 0.3) is 22.0 Å². The summed E-state index contributed by atoms with van der Waals surface area (Å²) < 4.78 is 31.1. The average molecular weight is 467 g/mol. The number of benzene rings is 2. The van der Waals surface area contributed by atoms with Crippen molar-refractivity contribution >= 4 is 22.5 Å². The molecule has 2 aromatic heterocycles. The number of rotatable bonds is 9. The second kappa shape index (κ2) is 10.1. The monoisotopic (exact) mass is 466 g/mol. The molecule has 0 saturated carbocycles. The Bertz CT molecular complexity index is 1310. The summed E-state index contributed by atoms with van der Waals surface area (Å²) in [5.41, 5.74) is 2.25. The van der Waals surface area contributed by atoms with Gasteiger partial charge in [-0.3, -0.25) is 19.5 Å². The molecule has 2 heterocycles. The molecule has 0 bridgehead atoms. The predicted molar refractivity (Wildman–Crippen MR) is 128 cm³/mol. The van der Waals surface area contributed by atoms with Crippen LogP contribution in [0.1, 0.15) is 42.7 Å². The fourth-order valence-corrected chi connectivity index (χ4v) is 4.09. The Hall–Kier alpha value is -3.59. The topological polar surface area (TPSA) is 78.8 Å². The van der Waals surface area contributed by atoms with E-state index in [4.69, 9.17) is 0 Å². The molecule has 0 saturated heterocycles. The number of H-pyrrole nitrogens is 1. The molecule has 2 N–H and O–H groups in total. The Morgan fingerprint density at radius 1 is 1.09 bits per heavy atom. The van der Waals surface area contributed by atoms with E-state index in [1.807, 2.05) is 0 Å². The Morgan fingerprint density at radius 2 is 1.85 bits per heavy atom. The number of aromatic amines is 1. The molecule has 0 fully saturated rings. The highest BCUT2D eigenvalue weighted by atomic mass is 19.1. The number of nitrogens with zero attached hydrogens (tertiary/aromatic N) is 4. The molecule has 4 rings (SSSR count). The first-order valence-corrected chi connectivity index (χ1v) is 11.4. The maximum Gasteiger partial charge on any atom is 0.276 e. The van der Waals surface area contributed by atoms with Gasteiger partial charge in [0.1, 0.15) is 17.2 Å². The van der Waals surface area contributed by atoms with Crippen LogP contribution in [0.4, 0.5) is 14.5 Å². The van der Waals surface area contributed by atoms with Gasteiger partial charge < -0.3 is 5.32 Å². The van der Waals surface area contributed by atoms with E-state index in [-0.39, 0.29) is 16.9 Å².